The molecule has 6 heteroatoms. The van der Waals surface area contributed by atoms with Gasteiger partial charge in [-0.25, -0.2) is 8.42 Å². The van der Waals surface area contributed by atoms with Crippen LogP contribution in [0.4, 0.5) is 5.69 Å². The topological polar surface area (TPSA) is 83.5 Å². The van der Waals surface area contributed by atoms with Crippen LogP contribution in [0.25, 0.3) is 0 Å². The second-order valence-electron chi connectivity index (χ2n) is 4.79. The summed E-state index contributed by atoms with van der Waals surface area (Å²) in [5, 5.41) is 10.2. The number of sulfone groups is 1. The summed E-state index contributed by atoms with van der Waals surface area (Å²) in [6.07, 6.45) is 1.36. The minimum absolute atomic E-state index is 0.0360. The number of nitrogens with one attached hydrogen (secondary N) is 1. The number of anilines is 1. The lowest BCUT2D eigenvalue weighted by molar-refractivity contribution is -0.115. The van der Waals surface area contributed by atoms with Gasteiger partial charge in [-0.1, -0.05) is 17.9 Å². The van der Waals surface area contributed by atoms with E-state index in [2.05, 4.69) is 17.2 Å². The van der Waals surface area contributed by atoms with Crippen molar-refractivity contribution < 1.29 is 18.3 Å². The van der Waals surface area contributed by atoms with E-state index < -0.39 is 21.0 Å². The van der Waals surface area contributed by atoms with Gasteiger partial charge in [-0.15, -0.1) is 0 Å². The molecule has 0 bridgehead atoms. The van der Waals surface area contributed by atoms with Crippen molar-refractivity contribution in [2.75, 3.05) is 18.2 Å². The third-order valence-corrected chi connectivity index (χ3v) is 4.40. The number of aliphatic hydroxyl groups excluding tert-OH is 1. The molecule has 1 atom stereocenters. The monoisotopic (exact) mass is 309 g/mol. The lowest BCUT2D eigenvalue weighted by Gasteiger charge is -2.12. The summed E-state index contributed by atoms with van der Waals surface area (Å²) in [4.78, 5) is 12.0. The molecule has 0 aliphatic rings. The maximum absolute atomic E-state index is 12.0. The molecule has 1 aromatic rings. The average Bonchev–Trinajstić information content (AvgIpc) is 2.39. The van der Waals surface area contributed by atoms with Crippen molar-refractivity contribution in [3.8, 4) is 11.8 Å². The highest BCUT2D eigenvalue weighted by atomic mass is 32.2. The molecule has 0 aliphatic heterocycles. The third kappa shape index (κ3) is 5.21. The zero-order valence-electron chi connectivity index (χ0n) is 12.3. The van der Waals surface area contributed by atoms with Crippen molar-refractivity contribution in [3.63, 3.8) is 0 Å². The number of carbonyl (C=O) groups excluding carboxylic acids is 1. The molecule has 0 heterocycles. The molecule has 0 fully saturated rings. The van der Waals surface area contributed by atoms with Crippen LogP contribution < -0.4 is 5.32 Å². The van der Waals surface area contributed by atoms with E-state index in [4.69, 9.17) is 5.11 Å². The largest absolute Gasteiger partial charge is 0.395 e. The van der Waals surface area contributed by atoms with E-state index in [1.54, 1.807) is 12.1 Å². The highest BCUT2D eigenvalue weighted by Crippen LogP contribution is 2.17. The summed E-state index contributed by atoms with van der Waals surface area (Å²) in [5.41, 5.74) is 1.98. The van der Waals surface area contributed by atoms with Crippen LogP contribution in [0.1, 0.15) is 24.5 Å². The van der Waals surface area contributed by atoms with Crippen molar-refractivity contribution in [3.05, 3.63) is 29.3 Å². The molecule has 1 unspecified atom stereocenters. The van der Waals surface area contributed by atoms with Gasteiger partial charge in [0, 0.05) is 18.2 Å². The van der Waals surface area contributed by atoms with Gasteiger partial charge in [0.1, 0.15) is 5.25 Å². The van der Waals surface area contributed by atoms with Gasteiger partial charge in [0.15, 0.2) is 9.84 Å². The maximum atomic E-state index is 12.0. The molecular weight excluding hydrogens is 290 g/mol. The summed E-state index contributed by atoms with van der Waals surface area (Å²) in [6.45, 7) is 3.17. The molecule has 5 nitrogen and oxygen atoms in total. The van der Waals surface area contributed by atoms with Gasteiger partial charge in [-0.3, -0.25) is 4.79 Å². The summed E-state index contributed by atoms with van der Waals surface area (Å²) in [5.74, 6) is 5.04. The van der Waals surface area contributed by atoms with Gasteiger partial charge in [-0.05, 0) is 31.5 Å². The number of amides is 1. The van der Waals surface area contributed by atoms with E-state index in [1.165, 1.54) is 6.92 Å². The Bertz CT molecular complexity index is 683. The van der Waals surface area contributed by atoms with Crippen LogP contribution in [0.15, 0.2) is 18.2 Å². The Morgan fingerprint density at radius 1 is 1.43 bits per heavy atom. The molecule has 1 amide bonds. The van der Waals surface area contributed by atoms with Crippen LogP contribution in [0.3, 0.4) is 0 Å². The molecule has 0 aliphatic carbocycles. The minimum atomic E-state index is -3.45. The fourth-order valence-electron chi connectivity index (χ4n) is 1.51. The Morgan fingerprint density at radius 2 is 2.10 bits per heavy atom. The first kappa shape index (κ1) is 17.2. The standard InChI is InChI=1S/C15H19NO4S/c1-11-7-8-13(6-4-5-9-17)14(10-11)16-15(18)12(2)21(3,19)20/h7-8,10,12,17H,5,9H2,1-3H3,(H,16,18). The molecule has 0 radical (unpaired) electrons. The van der Waals surface area contributed by atoms with Gasteiger partial charge >= 0.3 is 0 Å². The first-order chi connectivity index (χ1) is 9.75. The van der Waals surface area contributed by atoms with Crippen molar-refractivity contribution in [2.24, 2.45) is 0 Å². The van der Waals surface area contributed by atoms with Crippen LogP contribution in [-0.4, -0.2) is 37.5 Å². The number of carbonyl (C=O) groups is 1. The van der Waals surface area contributed by atoms with Crippen LogP contribution >= 0.6 is 0 Å². The van der Waals surface area contributed by atoms with Gasteiger partial charge in [-0.2, -0.15) is 0 Å². The lowest BCUT2D eigenvalue weighted by atomic mass is 10.1. The summed E-state index contributed by atoms with van der Waals surface area (Å²) < 4.78 is 22.8. The highest BCUT2D eigenvalue weighted by molar-refractivity contribution is 7.92. The average molecular weight is 309 g/mol. The molecular formula is C15H19NO4S. The summed E-state index contributed by atoms with van der Waals surface area (Å²) in [6, 6.07) is 5.33. The van der Waals surface area contributed by atoms with Crippen LogP contribution in [0, 0.1) is 18.8 Å². The van der Waals surface area contributed by atoms with Gasteiger partial charge in [0.25, 0.3) is 0 Å². The second kappa shape index (κ2) is 7.25. The Balaban J connectivity index is 3.05. The van der Waals surface area contributed by atoms with Gasteiger partial charge < -0.3 is 10.4 Å². The summed E-state index contributed by atoms with van der Waals surface area (Å²) in [7, 11) is -3.45. The predicted molar refractivity (Wildman–Crippen MR) is 82.7 cm³/mol. The Labute approximate surface area is 125 Å². The first-order valence-corrected chi connectivity index (χ1v) is 8.41. The number of benzene rings is 1. The molecule has 0 aromatic heterocycles. The zero-order chi connectivity index (χ0) is 16.0. The van der Waals surface area contributed by atoms with Crippen molar-refractivity contribution in [2.45, 2.75) is 25.5 Å². The van der Waals surface area contributed by atoms with Crippen LogP contribution in [0.5, 0.6) is 0 Å². The molecule has 0 saturated carbocycles. The van der Waals surface area contributed by atoms with Crippen molar-refractivity contribution >= 4 is 21.4 Å². The number of rotatable bonds is 4. The molecule has 0 spiro atoms. The Hall–Kier alpha value is -1.84. The van der Waals surface area contributed by atoms with Crippen LogP contribution in [0.2, 0.25) is 0 Å². The molecule has 21 heavy (non-hydrogen) atoms. The minimum Gasteiger partial charge on any atom is -0.395 e. The highest BCUT2D eigenvalue weighted by Gasteiger charge is 2.24. The predicted octanol–water partition coefficient (Wildman–Crippen LogP) is 1.10. The molecule has 2 N–H and O–H groups in total. The molecule has 0 saturated heterocycles. The number of hydrogen-bond acceptors (Lipinski definition) is 4. The van der Waals surface area contributed by atoms with E-state index in [-0.39, 0.29) is 6.61 Å². The number of hydrogen-bond donors (Lipinski definition) is 2. The lowest BCUT2D eigenvalue weighted by Crippen LogP contribution is -2.32. The number of aliphatic hydroxyl groups is 1. The summed E-state index contributed by atoms with van der Waals surface area (Å²) >= 11 is 0. The smallest absolute Gasteiger partial charge is 0.242 e. The fraction of sp³-hybridized carbons (Fsp3) is 0.400. The van der Waals surface area contributed by atoms with Crippen molar-refractivity contribution in [1.82, 2.24) is 0 Å². The maximum Gasteiger partial charge on any atom is 0.242 e. The van der Waals surface area contributed by atoms with E-state index in [9.17, 15) is 13.2 Å². The Kier molecular flexibility index (Phi) is 5.94. The zero-order valence-corrected chi connectivity index (χ0v) is 13.1. The third-order valence-electron chi connectivity index (χ3n) is 2.90. The van der Waals surface area contributed by atoms with Gasteiger partial charge in [0.05, 0.1) is 12.3 Å². The van der Waals surface area contributed by atoms with E-state index in [1.807, 2.05) is 13.0 Å². The molecule has 1 rings (SSSR count). The Morgan fingerprint density at radius 3 is 2.67 bits per heavy atom. The normalized spacial score (nSPS) is 12.2. The molecule has 1 aromatic carbocycles. The van der Waals surface area contributed by atoms with E-state index in [0.29, 0.717) is 17.7 Å². The van der Waals surface area contributed by atoms with Crippen molar-refractivity contribution in [1.29, 1.82) is 0 Å². The SMILES string of the molecule is Cc1ccc(C#CCCO)c(NC(=O)C(C)S(C)(=O)=O)c1. The number of aryl methyl sites for hydroxylation is 1. The molecule has 114 valence electrons. The quantitative estimate of drug-likeness (QED) is 0.816. The van der Waals surface area contributed by atoms with Gasteiger partial charge in [0.2, 0.25) is 5.91 Å². The second-order valence-corrected chi connectivity index (χ2v) is 7.15. The van der Waals surface area contributed by atoms with E-state index in [0.717, 1.165) is 11.8 Å². The first-order valence-electron chi connectivity index (χ1n) is 6.46. The van der Waals surface area contributed by atoms with E-state index >= 15 is 0 Å². The van der Waals surface area contributed by atoms with Crippen LogP contribution in [-0.2, 0) is 14.6 Å². The fourth-order valence-corrected chi connectivity index (χ4v) is 1.96.